The first-order valence-corrected chi connectivity index (χ1v) is 9.79. The van der Waals surface area contributed by atoms with Crippen LogP contribution in [0.3, 0.4) is 0 Å². The predicted molar refractivity (Wildman–Crippen MR) is 97.9 cm³/mol. The summed E-state index contributed by atoms with van der Waals surface area (Å²) in [5.74, 6) is -0.0874. The number of hydrogen-bond acceptors (Lipinski definition) is 4. The van der Waals surface area contributed by atoms with Crippen molar-refractivity contribution in [2.24, 2.45) is 0 Å². The van der Waals surface area contributed by atoms with Gasteiger partial charge in [-0.3, -0.25) is 9.10 Å². The van der Waals surface area contributed by atoms with E-state index in [-0.39, 0.29) is 6.54 Å². The first-order valence-electron chi connectivity index (χ1n) is 7.57. The van der Waals surface area contributed by atoms with Crippen LogP contribution in [0.1, 0.15) is 5.56 Å². The maximum absolute atomic E-state index is 12.6. The van der Waals surface area contributed by atoms with Crippen LogP contribution in [-0.4, -0.2) is 33.2 Å². The van der Waals surface area contributed by atoms with Gasteiger partial charge in [-0.2, -0.15) is 0 Å². The third-order valence-corrected chi connectivity index (χ3v) is 5.51. The molecule has 1 aliphatic heterocycles. The van der Waals surface area contributed by atoms with Gasteiger partial charge in [0, 0.05) is 10.7 Å². The Hall–Kier alpha value is -2.25. The van der Waals surface area contributed by atoms with Crippen LogP contribution in [-0.2, 0) is 14.8 Å². The second kappa shape index (κ2) is 6.57. The lowest BCUT2D eigenvalue weighted by Gasteiger charge is -2.33. The van der Waals surface area contributed by atoms with Gasteiger partial charge in [-0.1, -0.05) is 29.8 Å². The Balaban J connectivity index is 1.88. The van der Waals surface area contributed by atoms with E-state index in [4.69, 9.17) is 16.3 Å². The summed E-state index contributed by atoms with van der Waals surface area (Å²) in [6.45, 7) is 1.69. The van der Waals surface area contributed by atoms with Gasteiger partial charge in [0.05, 0.1) is 18.5 Å². The monoisotopic (exact) mass is 380 g/mol. The van der Waals surface area contributed by atoms with Crippen LogP contribution in [0.25, 0.3) is 0 Å². The number of benzene rings is 2. The molecule has 3 rings (SSSR count). The molecule has 0 aliphatic carbocycles. The summed E-state index contributed by atoms with van der Waals surface area (Å²) in [4.78, 5) is 12.6. The molecule has 1 atom stereocenters. The normalized spacial score (nSPS) is 16.8. The van der Waals surface area contributed by atoms with Crippen molar-refractivity contribution >= 4 is 38.9 Å². The van der Waals surface area contributed by atoms with E-state index in [1.165, 1.54) is 4.31 Å². The number of fused-ring (bicyclic) bond motifs is 1. The number of carbonyl (C=O) groups is 1. The lowest BCUT2D eigenvalue weighted by atomic mass is 10.1. The Kier molecular flexibility index (Phi) is 4.62. The van der Waals surface area contributed by atoms with Crippen molar-refractivity contribution in [1.82, 2.24) is 0 Å². The van der Waals surface area contributed by atoms with Crippen LogP contribution >= 0.6 is 11.6 Å². The number of halogens is 1. The van der Waals surface area contributed by atoms with E-state index >= 15 is 0 Å². The van der Waals surface area contributed by atoms with Crippen molar-refractivity contribution in [2.45, 2.75) is 13.0 Å². The molecule has 1 amide bonds. The van der Waals surface area contributed by atoms with E-state index < -0.39 is 22.0 Å². The van der Waals surface area contributed by atoms with Crippen LogP contribution in [0.2, 0.25) is 5.02 Å². The number of rotatable bonds is 3. The Morgan fingerprint density at radius 1 is 1.24 bits per heavy atom. The van der Waals surface area contributed by atoms with E-state index in [0.29, 0.717) is 22.1 Å². The summed E-state index contributed by atoms with van der Waals surface area (Å²) < 4.78 is 31.1. The molecule has 0 saturated heterocycles. The summed E-state index contributed by atoms with van der Waals surface area (Å²) >= 11 is 6.06. The molecular weight excluding hydrogens is 364 g/mol. The molecule has 6 nitrogen and oxygen atoms in total. The molecule has 1 N–H and O–H groups in total. The van der Waals surface area contributed by atoms with Crippen molar-refractivity contribution in [3.05, 3.63) is 53.1 Å². The zero-order valence-electron chi connectivity index (χ0n) is 13.7. The minimum absolute atomic E-state index is 0.0959. The zero-order valence-corrected chi connectivity index (χ0v) is 15.3. The number of sulfonamides is 1. The van der Waals surface area contributed by atoms with Crippen molar-refractivity contribution in [3.63, 3.8) is 0 Å². The first-order chi connectivity index (χ1) is 11.8. The Bertz CT molecular complexity index is 930. The van der Waals surface area contributed by atoms with Crippen molar-refractivity contribution in [3.8, 4) is 5.75 Å². The molecule has 0 radical (unpaired) electrons. The number of nitrogens with one attached hydrogen (secondary N) is 1. The van der Waals surface area contributed by atoms with Gasteiger partial charge in [0.15, 0.2) is 6.10 Å². The highest BCUT2D eigenvalue weighted by Crippen LogP contribution is 2.35. The highest BCUT2D eigenvalue weighted by atomic mass is 35.5. The van der Waals surface area contributed by atoms with Gasteiger partial charge in [0.2, 0.25) is 10.0 Å². The van der Waals surface area contributed by atoms with Gasteiger partial charge < -0.3 is 10.1 Å². The number of ether oxygens (including phenoxy) is 1. The number of nitrogens with zero attached hydrogens (tertiary/aromatic N) is 1. The second-order valence-electron chi connectivity index (χ2n) is 5.77. The Labute approximate surface area is 151 Å². The fraction of sp³-hybridized carbons (Fsp3) is 0.235. The summed E-state index contributed by atoms with van der Waals surface area (Å²) in [5, 5.41) is 3.29. The van der Waals surface area contributed by atoms with Crippen LogP contribution < -0.4 is 14.4 Å². The molecule has 0 bridgehead atoms. The molecular formula is C17H17ClN2O4S. The maximum atomic E-state index is 12.6. The summed E-state index contributed by atoms with van der Waals surface area (Å²) in [5.41, 5.74) is 1.72. The minimum atomic E-state index is -3.54. The number of amides is 1. The van der Waals surface area contributed by atoms with Crippen molar-refractivity contribution < 1.29 is 17.9 Å². The standard InChI is InChI=1S/C17H17ClN2O4S/c1-11-12(18)6-5-7-13(11)19-17(21)16-10-20(25(2,22)23)14-8-3-4-9-15(14)24-16/h3-9,16H,10H2,1-2H3,(H,19,21)/t16-/m1/s1. The number of hydrogen-bond donors (Lipinski definition) is 1. The highest BCUT2D eigenvalue weighted by Gasteiger charge is 2.35. The van der Waals surface area contributed by atoms with Gasteiger partial charge in [-0.05, 0) is 36.8 Å². The molecule has 2 aromatic carbocycles. The summed E-state index contributed by atoms with van der Waals surface area (Å²) in [6.07, 6.45) is 0.133. The fourth-order valence-electron chi connectivity index (χ4n) is 2.61. The molecule has 132 valence electrons. The molecule has 8 heteroatoms. The third kappa shape index (κ3) is 3.57. The van der Waals surface area contributed by atoms with E-state index in [1.54, 1.807) is 49.4 Å². The van der Waals surface area contributed by atoms with E-state index in [1.807, 2.05) is 0 Å². The Morgan fingerprint density at radius 2 is 1.96 bits per heavy atom. The Morgan fingerprint density at radius 3 is 2.68 bits per heavy atom. The molecule has 0 fully saturated rings. The molecule has 2 aromatic rings. The number of anilines is 2. The number of carbonyl (C=O) groups excluding carboxylic acids is 1. The van der Waals surface area contributed by atoms with Crippen LogP contribution in [0.15, 0.2) is 42.5 Å². The molecule has 0 saturated carbocycles. The van der Waals surface area contributed by atoms with Crippen LogP contribution in [0.5, 0.6) is 5.75 Å². The summed E-state index contributed by atoms with van der Waals surface area (Å²) in [7, 11) is -3.54. The molecule has 0 unspecified atom stereocenters. The molecule has 1 aliphatic rings. The third-order valence-electron chi connectivity index (χ3n) is 3.95. The SMILES string of the molecule is Cc1c(Cl)cccc1NC(=O)[C@H]1CN(S(C)(=O)=O)c2ccccc2O1. The quantitative estimate of drug-likeness (QED) is 0.888. The van der Waals surface area contributed by atoms with E-state index in [2.05, 4.69) is 5.32 Å². The van der Waals surface area contributed by atoms with Crippen molar-refractivity contribution in [1.29, 1.82) is 0 Å². The lowest BCUT2D eigenvalue weighted by Crippen LogP contribution is -2.48. The second-order valence-corrected chi connectivity index (χ2v) is 8.08. The summed E-state index contributed by atoms with van der Waals surface area (Å²) in [6, 6.07) is 11.9. The zero-order chi connectivity index (χ0) is 18.2. The van der Waals surface area contributed by atoms with Gasteiger partial charge in [-0.25, -0.2) is 8.42 Å². The minimum Gasteiger partial charge on any atom is -0.476 e. The van der Waals surface area contributed by atoms with E-state index in [9.17, 15) is 13.2 Å². The number of para-hydroxylation sites is 2. The highest BCUT2D eigenvalue weighted by molar-refractivity contribution is 7.92. The largest absolute Gasteiger partial charge is 0.476 e. The fourth-order valence-corrected chi connectivity index (χ4v) is 3.70. The van der Waals surface area contributed by atoms with E-state index in [0.717, 1.165) is 11.8 Å². The molecule has 25 heavy (non-hydrogen) atoms. The predicted octanol–water partition coefficient (Wildman–Crippen LogP) is 2.81. The molecule has 0 aromatic heterocycles. The molecule has 1 heterocycles. The van der Waals surface area contributed by atoms with Crippen LogP contribution in [0.4, 0.5) is 11.4 Å². The smallest absolute Gasteiger partial charge is 0.267 e. The van der Waals surface area contributed by atoms with Gasteiger partial charge in [0.25, 0.3) is 5.91 Å². The van der Waals surface area contributed by atoms with Gasteiger partial charge in [0.1, 0.15) is 5.75 Å². The lowest BCUT2D eigenvalue weighted by molar-refractivity contribution is -0.122. The first kappa shape index (κ1) is 17.6. The topological polar surface area (TPSA) is 75.7 Å². The molecule has 0 spiro atoms. The van der Waals surface area contributed by atoms with Crippen molar-refractivity contribution in [2.75, 3.05) is 22.4 Å². The average molecular weight is 381 g/mol. The van der Waals surface area contributed by atoms with Crippen LogP contribution in [0, 0.1) is 6.92 Å². The van der Waals surface area contributed by atoms with Gasteiger partial charge in [-0.15, -0.1) is 0 Å². The van der Waals surface area contributed by atoms with Gasteiger partial charge >= 0.3 is 0 Å². The maximum Gasteiger partial charge on any atom is 0.267 e. The average Bonchev–Trinajstić information content (AvgIpc) is 2.57.